The zero-order valence-electron chi connectivity index (χ0n) is 15.4. The second kappa shape index (κ2) is 7.47. The molecule has 0 spiro atoms. The zero-order chi connectivity index (χ0) is 19.7. The normalized spacial score (nSPS) is 11.2. The van der Waals surface area contributed by atoms with Gasteiger partial charge >= 0.3 is 5.63 Å². The van der Waals surface area contributed by atoms with E-state index >= 15 is 0 Å². The van der Waals surface area contributed by atoms with Crippen molar-refractivity contribution in [1.82, 2.24) is 19.7 Å². The number of phenolic OH excluding ortho intramolecular Hbond substituents is 1. The van der Waals surface area contributed by atoms with Crippen LogP contribution in [0, 0.1) is 0 Å². The number of hydrogen-bond donors (Lipinski definition) is 1. The molecule has 0 unspecified atom stereocenters. The molecular formula is C20H18N4O3S. The Labute approximate surface area is 165 Å². The summed E-state index contributed by atoms with van der Waals surface area (Å²) in [5.74, 6) is 1.39. The highest BCUT2D eigenvalue weighted by molar-refractivity contribution is 7.98. The minimum absolute atomic E-state index is 0.136. The van der Waals surface area contributed by atoms with E-state index in [0.717, 1.165) is 33.1 Å². The molecule has 0 aliphatic rings. The summed E-state index contributed by atoms with van der Waals surface area (Å²) in [6.07, 6.45) is 4.14. The summed E-state index contributed by atoms with van der Waals surface area (Å²) in [5, 5.41) is 20.1. The van der Waals surface area contributed by atoms with Gasteiger partial charge in [-0.2, -0.15) is 0 Å². The largest absolute Gasteiger partial charge is 0.508 e. The molecule has 0 radical (unpaired) electrons. The number of aromatic hydroxyl groups is 1. The van der Waals surface area contributed by atoms with Crippen molar-refractivity contribution >= 4 is 22.7 Å². The Hall–Kier alpha value is -3.13. The molecule has 142 valence electrons. The average Bonchev–Trinajstić information content (AvgIpc) is 3.06. The number of pyridine rings is 1. The van der Waals surface area contributed by atoms with E-state index < -0.39 is 5.63 Å². The van der Waals surface area contributed by atoms with Crippen LogP contribution in [0.25, 0.3) is 22.4 Å². The Bertz CT molecular complexity index is 1200. The van der Waals surface area contributed by atoms with E-state index in [4.69, 9.17) is 4.42 Å². The summed E-state index contributed by atoms with van der Waals surface area (Å²) in [4.78, 5) is 16.1. The van der Waals surface area contributed by atoms with Crippen LogP contribution in [0.5, 0.6) is 5.75 Å². The minimum Gasteiger partial charge on any atom is -0.508 e. The fraction of sp³-hybridized carbons (Fsp3) is 0.200. The van der Waals surface area contributed by atoms with Crippen molar-refractivity contribution in [1.29, 1.82) is 0 Å². The van der Waals surface area contributed by atoms with Crippen LogP contribution in [0.15, 0.2) is 57.1 Å². The third-order valence-electron chi connectivity index (χ3n) is 4.52. The van der Waals surface area contributed by atoms with Crippen molar-refractivity contribution in [3.05, 3.63) is 64.3 Å². The smallest absolute Gasteiger partial charge is 0.336 e. The lowest BCUT2D eigenvalue weighted by atomic mass is 10.1. The topological polar surface area (TPSA) is 94.0 Å². The van der Waals surface area contributed by atoms with E-state index in [9.17, 15) is 9.90 Å². The van der Waals surface area contributed by atoms with Crippen molar-refractivity contribution in [3.8, 4) is 17.1 Å². The van der Waals surface area contributed by atoms with Gasteiger partial charge in [-0.1, -0.05) is 18.7 Å². The maximum absolute atomic E-state index is 11.9. The van der Waals surface area contributed by atoms with Crippen LogP contribution in [0.4, 0.5) is 0 Å². The van der Waals surface area contributed by atoms with Crippen LogP contribution in [-0.2, 0) is 19.2 Å². The summed E-state index contributed by atoms with van der Waals surface area (Å²) in [6, 6.07) is 8.66. The molecule has 4 rings (SSSR count). The first-order valence-corrected chi connectivity index (χ1v) is 9.76. The summed E-state index contributed by atoms with van der Waals surface area (Å²) >= 11 is 1.48. The lowest BCUT2D eigenvalue weighted by Gasteiger charge is -2.08. The number of hydrogen-bond acceptors (Lipinski definition) is 7. The number of fused-ring (bicyclic) bond motifs is 1. The van der Waals surface area contributed by atoms with Crippen LogP contribution in [0.3, 0.4) is 0 Å². The Balaban J connectivity index is 1.66. The second-order valence-electron chi connectivity index (χ2n) is 6.32. The molecule has 0 fully saturated rings. The van der Waals surface area contributed by atoms with E-state index in [1.807, 2.05) is 36.7 Å². The molecule has 0 aliphatic heterocycles. The van der Waals surface area contributed by atoms with E-state index in [-0.39, 0.29) is 5.75 Å². The van der Waals surface area contributed by atoms with Crippen LogP contribution < -0.4 is 5.63 Å². The Kier molecular flexibility index (Phi) is 4.87. The quantitative estimate of drug-likeness (QED) is 0.409. The first-order chi connectivity index (χ1) is 13.6. The number of thioether (sulfide) groups is 1. The average molecular weight is 394 g/mol. The SMILES string of the molecule is CCc1cc2c(CSc3nnc(-c4cccnc4)n3C)cc(=O)oc2cc1O. The van der Waals surface area contributed by atoms with Gasteiger partial charge in [0.2, 0.25) is 0 Å². The highest BCUT2D eigenvalue weighted by Gasteiger charge is 2.14. The highest BCUT2D eigenvalue weighted by atomic mass is 32.2. The number of aryl methyl sites for hydroxylation is 1. The molecule has 3 aromatic heterocycles. The standard InChI is InChI=1S/C20H18N4O3S/c1-3-12-7-15-14(8-18(26)27-17(15)9-16(12)25)11-28-20-23-22-19(24(20)2)13-5-4-6-21-10-13/h4-10,25H,3,11H2,1-2H3. The van der Waals surface area contributed by atoms with Gasteiger partial charge in [0.15, 0.2) is 11.0 Å². The van der Waals surface area contributed by atoms with Crippen LogP contribution in [0.1, 0.15) is 18.1 Å². The molecular weight excluding hydrogens is 376 g/mol. The predicted molar refractivity (Wildman–Crippen MR) is 107 cm³/mol. The number of phenols is 1. The van der Waals surface area contributed by atoms with E-state index in [1.54, 1.807) is 12.4 Å². The van der Waals surface area contributed by atoms with Gasteiger partial charge < -0.3 is 14.1 Å². The Morgan fingerprint density at radius 1 is 1.21 bits per heavy atom. The summed E-state index contributed by atoms with van der Waals surface area (Å²) in [6.45, 7) is 1.97. The first-order valence-electron chi connectivity index (χ1n) is 8.78. The maximum Gasteiger partial charge on any atom is 0.336 e. The first kappa shape index (κ1) is 18.2. The second-order valence-corrected chi connectivity index (χ2v) is 7.26. The molecule has 0 atom stereocenters. The number of nitrogens with zero attached hydrogens (tertiary/aromatic N) is 4. The van der Waals surface area contributed by atoms with Crippen LogP contribution >= 0.6 is 11.8 Å². The lowest BCUT2D eigenvalue weighted by Crippen LogP contribution is -2.01. The van der Waals surface area contributed by atoms with Gasteiger partial charge in [0.1, 0.15) is 11.3 Å². The zero-order valence-corrected chi connectivity index (χ0v) is 16.2. The van der Waals surface area contributed by atoms with Crippen molar-refractivity contribution in [3.63, 3.8) is 0 Å². The molecule has 3 heterocycles. The third-order valence-corrected chi connectivity index (χ3v) is 5.59. The maximum atomic E-state index is 11.9. The molecule has 0 aliphatic carbocycles. The highest BCUT2D eigenvalue weighted by Crippen LogP contribution is 2.31. The summed E-state index contributed by atoms with van der Waals surface area (Å²) < 4.78 is 7.16. The van der Waals surface area contributed by atoms with Gasteiger partial charge in [-0.25, -0.2) is 4.79 Å². The summed E-state index contributed by atoms with van der Waals surface area (Å²) in [7, 11) is 1.90. The Morgan fingerprint density at radius 3 is 2.82 bits per heavy atom. The molecule has 0 bridgehead atoms. The number of aromatic nitrogens is 4. The molecule has 0 amide bonds. The minimum atomic E-state index is -0.444. The van der Waals surface area contributed by atoms with E-state index in [0.29, 0.717) is 17.8 Å². The number of rotatable bonds is 5. The monoisotopic (exact) mass is 394 g/mol. The van der Waals surface area contributed by atoms with E-state index in [2.05, 4.69) is 15.2 Å². The predicted octanol–water partition coefficient (Wildman–Crippen LogP) is 3.54. The fourth-order valence-corrected chi connectivity index (χ4v) is 3.94. The van der Waals surface area contributed by atoms with Crippen LogP contribution in [0.2, 0.25) is 0 Å². The van der Waals surface area contributed by atoms with Gasteiger partial charge in [-0.05, 0) is 35.7 Å². The van der Waals surface area contributed by atoms with Crippen molar-refractivity contribution in [2.45, 2.75) is 24.3 Å². The molecule has 1 N–H and O–H groups in total. The number of benzene rings is 1. The Morgan fingerprint density at radius 2 is 2.07 bits per heavy atom. The third kappa shape index (κ3) is 3.38. The van der Waals surface area contributed by atoms with Gasteiger partial charge in [0.25, 0.3) is 0 Å². The van der Waals surface area contributed by atoms with Gasteiger partial charge in [0, 0.05) is 48.3 Å². The molecule has 4 aromatic rings. The fourth-order valence-electron chi connectivity index (χ4n) is 3.04. The molecule has 7 nitrogen and oxygen atoms in total. The lowest BCUT2D eigenvalue weighted by molar-refractivity contribution is 0.466. The molecule has 0 saturated carbocycles. The van der Waals surface area contributed by atoms with Crippen molar-refractivity contribution in [2.75, 3.05) is 0 Å². The van der Waals surface area contributed by atoms with Gasteiger partial charge in [-0.15, -0.1) is 10.2 Å². The molecule has 28 heavy (non-hydrogen) atoms. The van der Waals surface area contributed by atoms with Gasteiger partial charge in [0.05, 0.1) is 0 Å². The molecule has 0 saturated heterocycles. The van der Waals surface area contributed by atoms with Crippen molar-refractivity contribution in [2.24, 2.45) is 7.05 Å². The summed E-state index contributed by atoms with van der Waals surface area (Å²) in [5.41, 5.74) is 2.47. The van der Waals surface area contributed by atoms with Crippen LogP contribution in [-0.4, -0.2) is 24.9 Å². The molecule has 8 heteroatoms. The molecule has 1 aromatic carbocycles. The van der Waals surface area contributed by atoms with E-state index in [1.165, 1.54) is 23.9 Å². The van der Waals surface area contributed by atoms with Crippen molar-refractivity contribution < 1.29 is 9.52 Å². The van der Waals surface area contributed by atoms with Gasteiger partial charge in [-0.3, -0.25) is 4.98 Å².